The molecule has 1 fully saturated rings. The molecule has 0 bridgehead atoms. The summed E-state index contributed by atoms with van der Waals surface area (Å²) in [6.45, 7) is 2.20. The lowest BCUT2D eigenvalue weighted by molar-refractivity contribution is -0.159. The van der Waals surface area contributed by atoms with Crippen LogP contribution in [-0.2, 0) is 35.3 Å². The van der Waals surface area contributed by atoms with Crippen molar-refractivity contribution in [3.63, 3.8) is 0 Å². The molecule has 3 N–H and O–H groups in total. The second-order valence-electron chi connectivity index (χ2n) is 9.59. The maximum Gasteiger partial charge on any atom is 0.451 e. The summed E-state index contributed by atoms with van der Waals surface area (Å²) in [7, 11) is 0. The molecule has 3 aromatic rings. The molecule has 0 saturated heterocycles. The first-order chi connectivity index (χ1) is 18.0. The number of nitrogens with two attached hydrogens (primary N) is 1. The summed E-state index contributed by atoms with van der Waals surface area (Å²) in [4.78, 5) is 37.0. The Labute approximate surface area is 218 Å². The summed E-state index contributed by atoms with van der Waals surface area (Å²) in [5.74, 6) is -2.62. The van der Waals surface area contributed by atoms with Gasteiger partial charge in [-0.05, 0) is 25.3 Å². The summed E-state index contributed by atoms with van der Waals surface area (Å²) < 4.78 is 46.9. The number of aromatic nitrogens is 5. The zero-order valence-corrected chi connectivity index (χ0v) is 21.3. The van der Waals surface area contributed by atoms with Crippen LogP contribution in [0.4, 0.5) is 19.0 Å². The van der Waals surface area contributed by atoms with E-state index in [1.54, 1.807) is 4.90 Å². The molecular formula is C23H26F3N7O4S. The van der Waals surface area contributed by atoms with Gasteiger partial charge in [0.05, 0.1) is 11.9 Å². The molecule has 11 nitrogen and oxygen atoms in total. The number of nitrogens with zero attached hydrogens (tertiary/aromatic N) is 6. The van der Waals surface area contributed by atoms with E-state index in [4.69, 9.17) is 10.5 Å². The number of alkyl halides is 3. The summed E-state index contributed by atoms with van der Waals surface area (Å²) in [5.41, 5.74) is 4.13. The first kappa shape index (κ1) is 26.1. The number of carbonyl (C=O) groups excluding carboxylic acids is 1. The molecule has 0 spiro atoms. The van der Waals surface area contributed by atoms with Gasteiger partial charge in [0.15, 0.2) is 11.9 Å². The molecule has 1 amide bonds. The number of aliphatic carboxylic acids is 1. The number of anilines is 1. The third-order valence-electron chi connectivity index (χ3n) is 7.11. The Morgan fingerprint density at radius 3 is 2.61 bits per heavy atom. The van der Waals surface area contributed by atoms with E-state index in [9.17, 15) is 27.9 Å². The number of aryl methyl sites for hydroxylation is 1. The minimum atomic E-state index is -4.62. The van der Waals surface area contributed by atoms with Gasteiger partial charge < -0.3 is 25.0 Å². The zero-order valence-electron chi connectivity index (χ0n) is 20.5. The van der Waals surface area contributed by atoms with Crippen LogP contribution in [0.5, 0.6) is 6.01 Å². The van der Waals surface area contributed by atoms with Crippen LogP contribution in [0.1, 0.15) is 55.6 Å². The average Bonchev–Trinajstić information content (AvgIpc) is 3.59. The number of carbonyl (C=O) groups is 2. The summed E-state index contributed by atoms with van der Waals surface area (Å²) >= 11 is 1.41. The number of hydrogen-bond acceptors (Lipinski definition) is 9. The molecule has 15 heteroatoms. The Morgan fingerprint density at radius 2 is 1.97 bits per heavy atom. The topological polar surface area (TPSA) is 149 Å². The highest BCUT2D eigenvalue weighted by Gasteiger charge is 2.53. The molecular weight excluding hydrogens is 527 g/mol. The molecule has 1 aliphatic carbocycles. The van der Waals surface area contributed by atoms with Gasteiger partial charge in [-0.25, -0.2) is 0 Å². The molecule has 204 valence electrons. The number of halogens is 3. The molecule has 1 atom stereocenters. The van der Waals surface area contributed by atoms with E-state index in [-0.39, 0.29) is 44.3 Å². The van der Waals surface area contributed by atoms with Crippen molar-refractivity contribution in [1.82, 2.24) is 24.7 Å². The van der Waals surface area contributed by atoms with Gasteiger partial charge in [0, 0.05) is 18.0 Å². The minimum Gasteiger partial charge on any atom is -0.481 e. The SMILES string of the molecule is CCCc1cc2c(N3CCn4c(nnc4C(F)(F)F)C3)nc(OC(C(N)=O)C3(C(=O)O)CCCC3)nc2s1. The smallest absolute Gasteiger partial charge is 0.451 e. The standard InChI is InChI=1S/C23H26F3N7O4S/c1-2-5-12-10-13-17(32-8-9-33-14(11-32)30-31-19(33)23(24,25)26)28-21(29-18(13)38-12)37-15(16(27)34)22(20(35)36)6-3-4-7-22/h10,15H,2-9,11H2,1H3,(H2,27,34)(H,35,36). The molecule has 1 unspecified atom stereocenters. The fourth-order valence-electron chi connectivity index (χ4n) is 5.29. The van der Waals surface area contributed by atoms with Gasteiger partial charge in [0.1, 0.15) is 16.1 Å². The van der Waals surface area contributed by atoms with Crippen LogP contribution in [-0.4, -0.2) is 54.4 Å². The Hall–Kier alpha value is -3.49. The van der Waals surface area contributed by atoms with Crippen molar-refractivity contribution >= 4 is 39.2 Å². The normalized spacial score (nSPS) is 17.9. The zero-order chi connectivity index (χ0) is 27.2. The van der Waals surface area contributed by atoms with Gasteiger partial charge in [-0.2, -0.15) is 23.1 Å². The van der Waals surface area contributed by atoms with E-state index in [1.165, 1.54) is 11.3 Å². The average molecular weight is 554 g/mol. The highest BCUT2D eigenvalue weighted by atomic mass is 32.1. The summed E-state index contributed by atoms with van der Waals surface area (Å²) in [6, 6.07) is 1.72. The maximum atomic E-state index is 13.3. The number of carboxylic acids is 1. The predicted octanol–water partition coefficient (Wildman–Crippen LogP) is 3.15. The van der Waals surface area contributed by atoms with E-state index >= 15 is 0 Å². The monoisotopic (exact) mass is 553 g/mol. The summed E-state index contributed by atoms with van der Waals surface area (Å²) in [5, 5.41) is 17.7. The number of fused-ring (bicyclic) bond motifs is 2. The van der Waals surface area contributed by atoms with Gasteiger partial charge >= 0.3 is 18.2 Å². The van der Waals surface area contributed by atoms with Crippen molar-refractivity contribution in [3.05, 3.63) is 22.6 Å². The van der Waals surface area contributed by atoms with Crippen LogP contribution in [0.2, 0.25) is 0 Å². The second kappa shape index (κ2) is 9.67. The van der Waals surface area contributed by atoms with Gasteiger partial charge in [0.25, 0.3) is 5.91 Å². The number of ether oxygens (including phenoxy) is 1. The Balaban J connectivity index is 1.55. The highest BCUT2D eigenvalue weighted by Crippen LogP contribution is 2.43. The van der Waals surface area contributed by atoms with Gasteiger partial charge in [-0.1, -0.05) is 26.2 Å². The van der Waals surface area contributed by atoms with E-state index in [0.717, 1.165) is 22.3 Å². The Bertz CT molecular complexity index is 1380. The van der Waals surface area contributed by atoms with Crippen molar-refractivity contribution in [2.75, 3.05) is 11.4 Å². The number of rotatable bonds is 8. The first-order valence-corrected chi connectivity index (χ1v) is 13.1. The molecule has 5 rings (SSSR count). The van der Waals surface area contributed by atoms with Crippen LogP contribution in [0.3, 0.4) is 0 Å². The molecule has 1 aliphatic heterocycles. The van der Waals surface area contributed by atoms with E-state index < -0.39 is 35.4 Å². The number of hydrogen-bond donors (Lipinski definition) is 2. The van der Waals surface area contributed by atoms with E-state index in [0.29, 0.717) is 28.9 Å². The number of carboxylic acid groups (broad SMARTS) is 1. The molecule has 0 radical (unpaired) electrons. The van der Waals surface area contributed by atoms with Crippen molar-refractivity contribution < 1.29 is 32.6 Å². The predicted molar refractivity (Wildman–Crippen MR) is 130 cm³/mol. The van der Waals surface area contributed by atoms with Crippen LogP contribution in [0.25, 0.3) is 10.2 Å². The van der Waals surface area contributed by atoms with Crippen molar-refractivity contribution in [3.8, 4) is 6.01 Å². The molecule has 2 aliphatic rings. The lowest BCUT2D eigenvalue weighted by Gasteiger charge is -2.32. The van der Waals surface area contributed by atoms with Crippen molar-refractivity contribution in [1.29, 1.82) is 0 Å². The molecule has 4 heterocycles. The highest BCUT2D eigenvalue weighted by molar-refractivity contribution is 7.18. The number of amides is 1. The lowest BCUT2D eigenvalue weighted by atomic mass is 9.80. The minimum absolute atomic E-state index is 0.00586. The van der Waals surface area contributed by atoms with Crippen LogP contribution < -0.4 is 15.4 Å². The Morgan fingerprint density at radius 1 is 1.24 bits per heavy atom. The second-order valence-corrected chi connectivity index (χ2v) is 10.7. The fraction of sp³-hybridized carbons (Fsp3) is 0.565. The molecule has 1 saturated carbocycles. The quantitative estimate of drug-likeness (QED) is 0.429. The van der Waals surface area contributed by atoms with Gasteiger partial charge in [-0.15, -0.1) is 21.5 Å². The summed E-state index contributed by atoms with van der Waals surface area (Å²) in [6.07, 6.45) is -2.75. The number of thiophene rings is 1. The van der Waals surface area contributed by atoms with Crippen molar-refractivity contribution in [2.45, 2.75) is 70.8 Å². The third kappa shape index (κ3) is 4.52. The largest absolute Gasteiger partial charge is 0.481 e. The van der Waals surface area contributed by atoms with E-state index in [1.807, 2.05) is 13.0 Å². The number of primary amides is 1. The lowest BCUT2D eigenvalue weighted by Crippen LogP contribution is -2.51. The van der Waals surface area contributed by atoms with Crippen molar-refractivity contribution in [2.24, 2.45) is 11.1 Å². The Kier molecular flexibility index (Phi) is 6.65. The maximum absolute atomic E-state index is 13.3. The van der Waals surface area contributed by atoms with E-state index in [2.05, 4.69) is 20.2 Å². The molecule has 3 aromatic heterocycles. The van der Waals surface area contributed by atoms with Gasteiger partial charge in [-0.3, -0.25) is 9.59 Å². The fourth-order valence-corrected chi connectivity index (χ4v) is 6.41. The molecule has 38 heavy (non-hydrogen) atoms. The van der Waals surface area contributed by atoms with Crippen LogP contribution in [0, 0.1) is 5.41 Å². The third-order valence-corrected chi connectivity index (χ3v) is 8.20. The van der Waals surface area contributed by atoms with Crippen LogP contribution >= 0.6 is 11.3 Å². The van der Waals surface area contributed by atoms with Gasteiger partial charge in [0.2, 0.25) is 5.82 Å². The van der Waals surface area contributed by atoms with Crippen LogP contribution in [0.15, 0.2) is 6.07 Å². The first-order valence-electron chi connectivity index (χ1n) is 12.3. The molecule has 0 aromatic carbocycles.